The van der Waals surface area contributed by atoms with Gasteiger partial charge in [0.2, 0.25) is 5.91 Å². The van der Waals surface area contributed by atoms with Crippen LogP contribution in [-0.4, -0.2) is 29.9 Å². The molecule has 0 saturated heterocycles. The quantitative estimate of drug-likeness (QED) is 0.666. The lowest BCUT2D eigenvalue weighted by Gasteiger charge is -2.05. The molecule has 1 heterocycles. The van der Waals surface area contributed by atoms with Crippen molar-refractivity contribution < 1.29 is 9.59 Å². The van der Waals surface area contributed by atoms with Gasteiger partial charge in [-0.25, -0.2) is 4.98 Å². The van der Waals surface area contributed by atoms with E-state index < -0.39 is 0 Å². The van der Waals surface area contributed by atoms with Gasteiger partial charge in [-0.15, -0.1) is 0 Å². The zero-order valence-electron chi connectivity index (χ0n) is 9.69. The highest BCUT2D eigenvalue weighted by Crippen LogP contribution is 1.99. The number of nitrogen functional groups attached to an aromatic ring is 1. The SMILES string of the molecule is CCNC(=O)CCNC(=O)c1cccc(N)n1. The van der Waals surface area contributed by atoms with E-state index >= 15 is 0 Å². The van der Waals surface area contributed by atoms with Gasteiger partial charge in [-0.2, -0.15) is 0 Å². The number of hydrogen-bond donors (Lipinski definition) is 3. The molecule has 6 heteroatoms. The molecule has 0 spiro atoms. The van der Waals surface area contributed by atoms with E-state index in [9.17, 15) is 9.59 Å². The minimum atomic E-state index is -0.332. The van der Waals surface area contributed by atoms with Gasteiger partial charge in [-0.1, -0.05) is 6.07 Å². The molecule has 4 N–H and O–H groups in total. The number of nitrogens with zero attached hydrogens (tertiary/aromatic N) is 1. The van der Waals surface area contributed by atoms with Crippen LogP contribution in [0.25, 0.3) is 0 Å². The predicted molar refractivity (Wildman–Crippen MR) is 64.3 cm³/mol. The van der Waals surface area contributed by atoms with Gasteiger partial charge in [-0.3, -0.25) is 9.59 Å². The Morgan fingerprint density at radius 3 is 2.76 bits per heavy atom. The molecule has 0 atom stereocenters. The van der Waals surface area contributed by atoms with Gasteiger partial charge >= 0.3 is 0 Å². The van der Waals surface area contributed by atoms with Crippen LogP contribution < -0.4 is 16.4 Å². The molecule has 0 unspecified atom stereocenters. The summed E-state index contributed by atoms with van der Waals surface area (Å²) in [6, 6.07) is 4.82. The highest BCUT2D eigenvalue weighted by Gasteiger charge is 2.07. The minimum Gasteiger partial charge on any atom is -0.384 e. The van der Waals surface area contributed by atoms with Crippen molar-refractivity contribution in [3.63, 3.8) is 0 Å². The predicted octanol–water partition coefficient (Wildman–Crippen LogP) is -0.0802. The molecule has 0 fully saturated rings. The van der Waals surface area contributed by atoms with E-state index in [1.54, 1.807) is 18.2 Å². The molecule has 92 valence electrons. The van der Waals surface area contributed by atoms with E-state index in [1.165, 1.54) is 0 Å². The molecular weight excluding hydrogens is 220 g/mol. The molecule has 0 bridgehead atoms. The number of nitrogens with one attached hydrogen (secondary N) is 2. The van der Waals surface area contributed by atoms with Gasteiger partial charge in [0.15, 0.2) is 0 Å². The van der Waals surface area contributed by atoms with Crippen LogP contribution in [-0.2, 0) is 4.79 Å². The van der Waals surface area contributed by atoms with Gasteiger partial charge in [0.05, 0.1) is 0 Å². The Morgan fingerprint density at radius 2 is 2.12 bits per heavy atom. The summed E-state index contributed by atoms with van der Waals surface area (Å²) < 4.78 is 0. The first kappa shape index (κ1) is 13.0. The van der Waals surface area contributed by atoms with E-state index in [1.807, 2.05) is 6.92 Å². The molecule has 0 saturated carbocycles. The number of hydrogen-bond acceptors (Lipinski definition) is 4. The summed E-state index contributed by atoms with van der Waals surface area (Å²) in [6.07, 6.45) is 0.252. The average molecular weight is 236 g/mol. The molecular formula is C11H16N4O2. The van der Waals surface area contributed by atoms with Crippen molar-refractivity contribution in [2.75, 3.05) is 18.8 Å². The molecule has 0 aliphatic heterocycles. The maximum atomic E-state index is 11.6. The van der Waals surface area contributed by atoms with Gasteiger partial charge < -0.3 is 16.4 Å². The van der Waals surface area contributed by atoms with E-state index in [-0.39, 0.29) is 30.5 Å². The third-order valence-corrected chi connectivity index (χ3v) is 2.01. The summed E-state index contributed by atoms with van der Waals surface area (Å²) in [5.74, 6) is -0.128. The average Bonchev–Trinajstić information content (AvgIpc) is 2.29. The summed E-state index contributed by atoms with van der Waals surface area (Å²) in [5, 5.41) is 5.24. The Labute approximate surface area is 99.6 Å². The first-order valence-electron chi connectivity index (χ1n) is 5.41. The molecule has 1 aromatic rings. The van der Waals surface area contributed by atoms with Crippen LogP contribution in [0.3, 0.4) is 0 Å². The maximum Gasteiger partial charge on any atom is 0.269 e. The molecule has 1 aromatic heterocycles. The van der Waals surface area contributed by atoms with Crippen molar-refractivity contribution >= 4 is 17.6 Å². The number of carbonyl (C=O) groups excluding carboxylic acids is 2. The van der Waals surface area contributed by atoms with E-state index in [0.717, 1.165) is 0 Å². The van der Waals surface area contributed by atoms with Crippen molar-refractivity contribution in [2.45, 2.75) is 13.3 Å². The monoisotopic (exact) mass is 236 g/mol. The molecule has 0 aliphatic carbocycles. The van der Waals surface area contributed by atoms with E-state index in [2.05, 4.69) is 15.6 Å². The van der Waals surface area contributed by atoms with Crippen molar-refractivity contribution in [1.82, 2.24) is 15.6 Å². The fraction of sp³-hybridized carbons (Fsp3) is 0.364. The Morgan fingerprint density at radius 1 is 1.35 bits per heavy atom. The fourth-order valence-corrected chi connectivity index (χ4v) is 1.24. The number of nitrogens with two attached hydrogens (primary N) is 1. The van der Waals surface area contributed by atoms with Crippen LogP contribution in [0.15, 0.2) is 18.2 Å². The Kier molecular flexibility index (Phi) is 4.93. The highest BCUT2D eigenvalue weighted by atomic mass is 16.2. The van der Waals surface area contributed by atoms with Crippen molar-refractivity contribution in [3.05, 3.63) is 23.9 Å². The van der Waals surface area contributed by atoms with E-state index in [4.69, 9.17) is 5.73 Å². The maximum absolute atomic E-state index is 11.6. The summed E-state index contributed by atoms with van der Waals surface area (Å²) in [6.45, 7) is 2.71. The smallest absolute Gasteiger partial charge is 0.269 e. The number of anilines is 1. The van der Waals surface area contributed by atoms with Crippen molar-refractivity contribution in [3.8, 4) is 0 Å². The second kappa shape index (κ2) is 6.47. The summed E-state index contributed by atoms with van der Waals surface area (Å²) in [4.78, 5) is 26.6. The zero-order chi connectivity index (χ0) is 12.7. The van der Waals surface area contributed by atoms with Crippen LogP contribution in [0.5, 0.6) is 0 Å². The lowest BCUT2D eigenvalue weighted by atomic mass is 10.3. The number of aromatic nitrogens is 1. The molecule has 0 radical (unpaired) electrons. The first-order chi connectivity index (χ1) is 8.13. The topological polar surface area (TPSA) is 97.1 Å². The molecule has 2 amide bonds. The van der Waals surface area contributed by atoms with Crippen LogP contribution in [0.2, 0.25) is 0 Å². The van der Waals surface area contributed by atoms with Crippen LogP contribution >= 0.6 is 0 Å². The minimum absolute atomic E-state index is 0.0895. The highest BCUT2D eigenvalue weighted by molar-refractivity contribution is 5.92. The van der Waals surface area contributed by atoms with Crippen LogP contribution in [0.1, 0.15) is 23.8 Å². The normalized spacial score (nSPS) is 9.71. The Bertz CT molecular complexity index is 406. The Hall–Kier alpha value is -2.11. The summed E-state index contributed by atoms with van der Waals surface area (Å²) >= 11 is 0. The van der Waals surface area contributed by atoms with Crippen LogP contribution in [0, 0.1) is 0 Å². The van der Waals surface area contributed by atoms with E-state index in [0.29, 0.717) is 12.4 Å². The summed E-state index contributed by atoms with van der Waals surface area (Å²) in [7, 11) is 0. The third-order valence-electron chi connectivity index (χ3n) is 2.01. The lowest BCUT2D eigenvalue weighted by Crippen LogP contribution is -2.31. The first-order valence-corrected chi connectivity index (χ1v) is 5.41. The van der Waals surface area contributed by atoms with Crippen molar-refractivity contribution in [1.29, 1.82) is 0 Å². The number of pyridine rings is 1. The van der Waals surface area contributed by atoms with Gasteiger partial charge in [0.25, 0.3) is 5.91 Å². The molecule has 17 heavy (non-hydrogen) atoms. The second-order valence-electron chi connectivity index (χ2n) is 3.41. The van der Waals surface area contributed by atoms with Gasteiger partial charge in [0.1, 0.15) is 11.5 Å². The molecule has 0 aliphatic rings. The van der Waals surface area contributed by atoms with Crippen molar-refractivity contribution in [2.24, 2.45) is 0 Å². The lowest BCUT2D eigenvalue weighted by molar-refractivity contribution is -0.120. The number of rotatable bonds is 5. The van der Waals surface area contributed by atoms with Gasteiger partial charge in [0, 0.05) is 19.5 Å². The van der Waals surface area contributed by atoms with Gasteiger partial charge in [-0.05, 0) is 19.1 Å². The number of amides is 2. The Balaban J connectivity index is 2.38. The standard InChI is InChI=1S/C11H16N4O2/c1-2-13-10(16)6-7-14-11(17)8-4-3-5-9(12)15-8/h3-5H,2,6-7H2,1H3,(H2,12,15)(H,13,16)(H,14,17). The van der Waals surface area contributed by atoms with Crippen LogP contribution in [0.4, 0.5) is 5.82 Å². The fourth-order valence-electron chi connectivity index (χ4n) is 1.24. The molecule has 0 aromatic carbocycles. The zero-order valence-corrected chi connectivity index (χ0v) is 9.69. The number of carbonyl (C=O) groups is 2. The summed E-state index contributed by atoms with van der Waals surface area (Å²) in [5.41, 5.74) is 5.71. The molecule has 6 nitrogen and oxygen atoms in total. The third kappa shape index (κ3) is 4.50. The largest absolute Gasteiger partial charge is 0.384 e. The molecule has 1 rings (SSSR count). The second-order valence-corrected chi connectivity index (χ2v) is 3.41.